The van der Waals surface area contributed by atoms with Crippen LogP contribution in [0, 0.1) is 11.6 Å². The van der Waals surface area contributed by atoms with Crippen molar-refractivity contribution in [1.29, 1.82) is 0 Å². The van der Waals surface area contributed by atoms with Gasteiger partial charge in [-0.1, -0.05) is 46.3 Å². The summed E-state index contributed by atoms with van der Waals surface area (Å²) in [6, 6.07) is 17.0. The number of halogens is 3. The third-order valence-electron chi connectivity index (χ3n) is 3.98. The Labute approximate surface area is 185 Å². The van der Waals surface area contributed by atoms with Crippen LogP contribution in [0.3, 0.4) is 0 Å². The summed E-state index contributed by atoms with van der Waals surface area (Å²) in [4.78, 5) is 23.7. The van der Waals surface area contributed by atoms with E-state index in [2.05, 4.69) is 31.8 Å². The van der Waals surface area contributed by atoms with Crippen molar-refractivity contribution in [3.8, 4) is 5.75 Å². The summed E-state index contributed by atoms with van der Waals surface area (Å²) in [6.07, 6.45) is 1.31. The van der Waals surface area contributed by atoms with Crippen LogP contribution in [0.25, 0.3) is 0 Å². The first-order chi connectivity index (χ1) is 14.9. The van der Waals surface area contributed by atoms with Gasteiger partial charge in [-0.2, -0.15) is 5.10 Å². The number of amides is 2. The zero-order valence-corrected chi connectivity index (χ0v) is 17.5. The van der Waals surface area contributed by atoms with Gasteiger partial charge in [-0.25, -0.2) is 14.2 Å². The van der Waals surface area contributed by atoms with Crippen LogP contribution in [-0.4, -0.2) is 18.0 Å². The van der Waals surface area contributed by atoms with E-state index in [0.717, 1.165) is 6.07 Å². The minimum absolute atomic E-state index is 0.0524. The van der Waals surface area contributed by atoms with Gasteiger partial charge in [-0.3, -0.25) is 9.59 Å². The fourth-order valence-electron chi connectivity index (χ4n) is 2.45. The Balaban J connectivity index is 1.54. The average molecular weight is 488 g/mol. The second-order valence-electron chi connectivity index (χ2n) is 6.23. The molecule has 6 nitrogen and oxygen atoms in total. The molecule has 0 spiro atoms. The molecule has 3 aromatic rings. The lowest BCUT2D eigenvalue weighted by atomic mass is 10.2. The Hall–Kier alpha value is -3.59. The molecule has 0 bridgehead atoms. The number of carbonyl (C=O) groups excluding carboxylic acids is 2. The summed E-state index contributed by atoms with van der Waals surface area (Å²) in [5, 5.41) is 5.87. The molecule has 0 saturated heterocycles. The highest BCUT2D eigenvalue weighted by Gasteiger charge is 2.15. The number of anilines is 1. The predicted molar refractivity (Wildman–Crippen MR) is 116 cm³/mol. The largest absolute Gasteiger partial charge is 0.489 e. The number of hydrazone groups is 1. The van der Waals surface area contributed by atoms with Gasteiger partial charge in [0.05, 0.1) is 11.9 Å². The second-order valence-corrected chi connectivity index (χ2v) is 7.15. The maximum atomic E-state index is 13.7. The molecule has 3 aromatic carbocycles. The SMILES string of the molecule is O=C(NN=Cc1cccc(OCc2ccccc2F)c1)C(=O)Nc1ccc(Br)cc1F. The van der Waals surface area contributed by atoms with E-state index in [9.17, 15) is 18.4 Å². The van der Waals surface area contributed by atoms with E-state index in [0.29, 0.717) is 21.3 Å². The number of hydrogen-bond donors (Lipinski definition) is 2. The third kappa shape index (κ3) is 6.45. The second kappa shape index (κ2) is 10.4. The van der Waals surface area contributed by atoms with E-state index in [4.69, 9.17) is 4.74 Å². The molecule has 0 fully saturated rings. The molecule has 0 unspecified atom stereocenters. The zero-order chi connectivity index (χ0) is 22.2. The molecule has 158 valence electrons. The molecule has 0 radical (unpaired) electrons. The van der Waals surface area contributed by atoms with E-state index in [1.165, 1.54) is 24.4 Å². The molecule has 0 atom stereocenters. The van der Waals surface area contributed by atoms with Crippen molar-refractivity contribution in [2.45, 2.75) is 6.61 Å². The van der Waals surface area contributed by atoms with Gasteiger partial charge in [0.15, 0.2) is 0 Å². The molecular weight excluding hydrogens is 472 g/mol. The Bertz CT molecular complexity index is 1140. The van der Waals surface area contributed by atoms with Crippen LogP contribution in [-0.2, 0) is 16.2 Å². The number of nitrogens with one attached hydrogen (secondary N) is 2. The van der Waals surface area contributed by atoms with E-state index >= 15 is 0 Å². The zero-order valence-electron chi connectivity index (χ0n) is 15.9. The summed E-state index contributed by atoms with van der Waals surface area (Å²) in [6.45, 7) is 0.0524. The molecule has 31 heavy (non-hydrogen) atoms. The normalized spacial score (nSPS) is 10.7. The lowest BCUT2D eigenvalue weighted by Gasteiger charge is -2.07. The van der Waals surface area contributed by atoms with Crippen molar-refractivity contribution >= 4 is 39.6 Å². The average Bonchev–Trinajstić information content (AvgIpc) is 2.75. The molecule has 2 amide bonds. The Kier molecular flexibility index (Phi) is 7.45. The lowest BCUT2D eigenvalue weighted by Crippen LogP contribution is -2.32. The highest BCUT2D eigenvalue weighted by Crippen LogP contribution is 2.19. The topological polar surface area (TPSA) is 79.8 Å². The minimum atomic E-state index is -1.07. The van der Waals surface area contributed by atoms with Crippen molar-refractivity contribution in [1.82, 2.24) is 5.43 Å². The quantitative estimate of drug-likeness (QED) is 0.307. The Morgan fingerprint density at radius 2 is 1.77 bits per heavy atom. The van der Waals surface area contributed by atoms with Crippen LogP contribution in [0.4, 0.5) is 14.5 Å². The first-order valence-electron chi connectivity index (χ1n) is 8.98. The molecular formula is C22H16BrF2N3O3. The minimum Gasteiger partial charge on any atom is -0.489 e. The van der Waals surface area contributed by atoms with Gasteiger partial charge >= 0.3 is 11.8 Å². The highest BCUT2D eigenvalue weighted by molar-refractivity contribution is 9.10. The standard InChI is InChI=1S/C22H16BrF2N3O3/c23-16-8-9-20(19(25)11-16)27-21(29)22(30)28-26-12-14-4-3-6-17(10-14)31-13-15-5-1-2-7-18(15)24/h1-12H,13H2,(H,27,29)(H,28,30). The maximum Gasteiger partial charge on any atom is 0.329 e. The first-order valence-corrected chi connectivity index (χ1v) is 9.77. The molecule has 3 rings (SSSR count). The number of nitrogens with zero attached hydrogens (tertiary/aromatic N) is 1. The summed E-state index contributed by atoms with van der Waals surface area (Å²) in [7, 11) is 0. The fourth-order valence-corrected chi connectivity index (χ4v) is 2.78. The van der Waals surface area contributed by atoms with Crippen LogP contribution < -0.4 is 15.5 Å². The highest BCUT2D eigenvalue weighted by atomic mass is 79.9. The van der Waals surface area contributed by atoms with Crippen LogP contribution in [0.2, 0.25) is 0 Å². The summed E-state index contributed by atoms with van der Waals surface area (Å²) < 4.78 is 33.5. The van der Waals surface area contributed by atoms with Crippen molar-refractivity contribution < 1.29 is 23.1 Å². The summed E-state index contributed by atoms with van der Waals surface area (Å²) in [5.74, 6) is -2.71. The summed E-state index contributed by atoms with van der Waals surface area (Å²) in [5.41, 5.74) is 2.92. The van der Waals surface area contributed by atoms with Crippen LogP contribution in [0.15, 0.2) is 76.3 Å². The molecule has 9 heteroatoms. The molecule has 2 N–H and O–H groups in total. The van der Waals surface area contributed by atoms with Crippen LogP contribution in [0.5, 0.6) is 5.75 Å². The third-order valence-corrected chi connectivity index (χ3v) is 4.47. The molecule has 0 heterocycles. The Morgan fingerprint density at radius 3 is 2.55 bits per heavy atom. The van der Waals surface area contributed by atoms with Gasteiger partial charge in [0, 0.05) is 10.0 Å². The van der Waals surface area contributed by atoms with Gasteiger partial charge in [0.2, 0.25) is 0 Å². The Morgan fingerprint density at radius 1 is 0.968 bits per heavy atom. The number of carbonyl (C=O) groups is 2. The lowest BCUT2D eigenvalue weighted by molar-refractivity contribution is -0.136. The van der Waals surface area contributed by atoms with Gasteiger partial charge in [0.25, 0.3) is 0 Å². The van der Waals surface area contributed by atoms with E-state index in [1.807, 2.05) is 0 Å². The van der Waals surface area contributed by atoms with Crippen molar-refractivity contribution in [3.05, 3.63) is 94.0 Å². The monoisotopic (exact) mass is 487 g/mol. The van der Waals surface area contributed by atoms with Gasteiger partial charge in [-0.15, -0.1) is 0 Å². The van der Waals surface area contributed by atoms with Crippen LogP contribution >= 0.6 is 15.9 Å². The van der Waals surface area contributed by atoms with E-state index < -0.39 is 17.6 Å². The van der Waals surface area contributed by atoms with Crippen molar-refractivity contribution in [3.63, 3.8) is 0 Å². The fraction of sp³-hybridized carbons (Fsp3) is 0.0455. The predicted octanol–water partition coefficient (Wildman–Crippen LogP) is 4.40. The molecule has 0 aromatic heterocycles. The maximum absolute atomic E-state index is 13.7. The van der Waals surface area contributed by atoms with E-state index in [1.54, 1.807) is 42.5 Å². The number of hydrogen-bond acceptors (Lipinski definition) is 4. The molecule has 0 saturated carbocycles. The number of ether oxygens (including phenoxy) is 1. The van der Waals surface area contributed by atoms with Gasteiger partial charge < -0.3 is 10.1 Å². The molecule has 0 aliphatic rings. The number of benzene rings is 3. The van der Waals surface area contributed by atoms with Crippen molar-refractivity contribution in [2.75, 3.05) is 5.32 Å². The van der Waals surface area contributed by atoms with Gasteiger partial charge in [-0.05, 0) is 42.0 Å². The van der Waals surface area contributed by atoms with Crippen LogP contribution in [0.1, 0.15) is 11.1 Å². The first kappa shape index (κ1) is 22.1. The van der Waals surface area contributed by atoms with Gasteiger partial charge in [0.1, 0.15) is 24.0 Å². The number of rotatable bonds is 6. The molecule has 0 aliphatic heterocycles. The molecule has 0 aliphatic carbocycles. The summed E-state index contributed by atoms with van der Waals surface area (Å²) >= 11 is 3.10. The smallest absolute Gasteiger partial charge is 0.329 e. The van der Waals surface area contributed by atoms with Crippen molar-refractivity contribution in [2.24, 2.45) is 5.10 Å². The van der Waals surface area contributed by atoms with E-state index in [-0.39, 0.29) is 18.1 Å².